The Kier molecular flexibility index (Phi) is 8.58. The maximum atomic E-state index is 6.79. The van der Waals surface area contributed by atoms with Crippen molar-refractivity contribution in [3.8, 4) is 55.6 Å². The lowest BCUT2D eigenvalue weighted by molar-refractivity contribution is 0.572. The van der Waals surface area contributed by atoms with Crippen LogP contribution in [0.25, 0.3) is 121 Å². The molecule has 2 aromatic heterocycles. The van der Waals surface area contributed by atoms with Crippen molar-refractivity contribution in [2.75, 3.05) is 0 Å². The summed E-state index contributed by atoms with van der Waals surface area (Å²) in [5.74, 6) is 0. The standard InChI is InChI=1S/C73H62O2/c1-69(2,3)55-25-17-23-47-43-29-27-39(31-63(43)74-67(47)55)49-33-61-65(45-21-15-13-19-41(45)49)53-37-57-51(35-59(53)72(61,9)10)52-36-60-54(38-58(52)71(57,7)8)66-46-22-16-14-20-42(46)50(34-62(66)73(60,11)12)40-28-30-44-48-24-18-26-56(70(4,5)6)68(48)75-64(44)32-40/h13-38H,1-12H3. The van der Waals surface area contributed by atoms with Crippen LogP contribution in [0.4, 0.5) is 0 Å². The number of para-hydroxylation sites is 2. The highest BCUT2D eigenvalue weighted by molar-refractivity contribution is 6.14. The van der Waals surface area contributed by atoms with Crippen molar-refractivity contribution in [1.82, 2.24) is 0 Å². The summed E-state index contributed by atoms with van der Waals surface area (Å²) in [6.07, 6.45) is 0. The number of furan rings is 2. The van der Waals surface area contributed by atoms with E-state index in [1.165, 1.54) is 143 Å². The molecule has 0 bridgehead atoms. The van der Waals surface area contributed by atoms with Crippen LogP contribution in [0.5, 0.6) is 0 Å². The highest BCUT2D eigenvalue weighted by atomic mass is 16.3. The number of hydrogen-bond donors (Lipinski definition) is 0. The molecule has 2 heteroatoms. The molecule has 3 aliphatic rings. The van der Waals surface area contributed by atoms with Crippen LogP contribution in [0.2, 0.25) is 0 Å². The quantitative estimate of drug-likeness (QED) is 0.173. The molecule has 0 radical (unpaired) electrons. The molecule has 0 N–H and O–H groups in total. The molecule has 75 heavy (non-hydrogen) atoms. The van der Waals surface area contributed by atoms with Gasteiger partial charge in [0.25, 0.3) is 0 Å². The topological polar surface area (TPSA) is 26.3 Å². The zero-order chi connectivity index (χ0) is 51.6. The van der Waals surface area contributed by atoms with Crippen molar-refractivity contribution in [3.63, 3.8) is 0 Å². The Labute approximate surface area is 440 Å². The maximum absolute atomic E-state index is 6.79. The molecule has 0 amide bonds. The minimum Gasteiger partial charge on any atom is -0.456 e. The molecular formula is C73H62O2. The third kappa shape index (κ3) is 5.86. The Hall–Kier alpha value is -7.68. The second-order valence-corrected chi connectivity index (χ2v) is 26.0. The molecule has 12 aromatic rings. The van der Waals surface area contributed by atoms with Gasteiger partial charge in [0.05, 0.1) is 0 Å². The highest BCUT2D eigenvalue weighted by Crippen LogP contribution is 2.62. The number of hydrogen-bond acceptors (Lipinski definition) is 2. The molecule has 3 aliphatic carbocycles. The Balaban J connectivity index is 0.863. The summed E-state index contributed by atoms with van der Waals surface area (Å²) < 4.78 is 13.6. The average Bonchev–Trinajstić information content (AvgIpc) is 4.34. The summed E-state index contributed by atoms with van der Waals surface area (Å²) in [6.45, 7) is 28.3. The fraction of sp³-hybridized carbons (Fsp3) is 0.233. The Morgan fingerprint density at radius 1 is 0.293 bits per heavy atom. The van der Waals surface area contributed by atoms with Crippen LogP contribution in [0.15, 0.2) is 167 Å². The van der Waals surface area contributed by atoms with Gasteiger partial charge in [-0.05, 0) is 182 Å². The summed E-state index contributed by atoms with van der Waals surface area (Å²) in [6, 6.07) is 60.5. The smallest absolute Gasteiger partial charge is 0.139 e. The predicted molar refractivity (Wildman–Crippen MR) is 317 cm³/mol. The average molecular weight is 971 g/mol. The second-order valence-electron chi connectivity index (χ2n) is 26.0. The lowest BCUT2D eigenvalue weighted by Gasteiger charge is -2.25. The highest BCUT2D eigenvalue weighted by Gasteiger charge is 2.46. The van der Waals surface area contributed by atoms with Crippen LogP contribution in [-0.4, -0.2) is 0 Å². The van der Waals surface area contributed by atoms with Crippen LogP contribution in [-0.2, 0) is 27.1 Å². The van der Waals surface area contributed by atoms with E-state index in [0.29, 0.717) is 0 Å². The fourth-order valence-corrected chi connectivity index (χ4v) is 14.5. The monoisotopic (exact) mass is 970 g/mol. The minimum absolute atomic E-state index is 0.0283. The van der Waals surface area contributed by atoms with Gasteiger partial charge in [0.1, 0.15) is 22.3 Å². The zero-order valence-electron chi connectivity index (χ0n) is 45.3. The second kappa shape index (κ2) is 14.4. The predicted octanol–water partition coefficient (Wildman–Crippen LogP) is 20.6. The van der Waals surface area contributed by atoms with Crippen molar-refractivity contribution >= 4 is 65.4 Å². The number of benzene rings is 10. The van der Waals surface area contributed by atoms with Crippen molar-refractivity contribution in [1.29, 1.82) is 0 Å². The van der Waals surface area contributed by atoms with E-state index in [1.54, 1.807) is 0 Å². The first kappa shape index (κ1) is 44.8. The zero-order valence-corrected chi connectivity index (χ0v) is 45.3. The minimum atomic E-state index is -0.238. The number of fused-ring (bicyclic) bond motifs is 19. The molecule has 15 rings (SSSR count). The molecule has 0 unspecified atom stereocenters. The first-order valence-electron chi connectivity index (χ1n) is 27.1. The molecule has 0 aliphatic heterocycles. The molecule has 366 valence electrons. The Bertz CT molecular complexity index is 4270. The van der Waals surface area contributed by atoms with Gasteiger partial charge in [-0.15, -0.1) is 0 Å². The Morgan fingerprint density at radius 2 is 0.627 bits per heavy atom. The summed E-state index contributed by atoms with van der Waals surface area (Å²) in [5.41, 5.74) is 27.1. The van der Waals surface area contributed by atoms with Crippen molar-refractivity contribution in [3.05, 3.63) is 202 Å². The first-order valence-corrected chi connectivity index (χ1v) is 27.1. The van der Waals surface area contributed by atoms with Gasteiger partial charge in [0.2, 0.25) is 0 Å². The molecule has 10 aromatic carbocycles. The van der Waals surface area contributed by atoms with Gasteiger partial charge in [-0.2, -0.15) is 0 Å². The molecule has 0 spiro atoms. The lowest BCUT2D eigenvalue weighted by Crippen LogP contribution is -2.17. The van der Waals surface area contributed by atoms with Gasteiger partial charge in [-0.1, -0.05) is 180 Å². The molecule has 0 fully saturated rings. The molecule has 2 nitrogen and oxygen atoms in total. The SMILES string of the molecule is CC(C)(C)c1cccc2c1oc1cc(-c3cc4c(c5ccccc35)-c3cc5c(cc3C4(C)C)-c3cc4c(cc3C5(C)C)-c3c(cc(-c5ccc6c(c5)oc5c(C(C)(C)C)cccc56)c5ccccc35)C4(C)C)ccc12. The van der Waals surface area contributed by atoms with E-state index in [1.807, 2.05) is 0 Å². The summed E-state index contributed by atoms with van der Waals surface area (Å²) in [4.78, 5) is 0. The van der Waals surface area contributed by atoms with Gasteiger partial charge in [-0.3, -0.25) is 0 Å². The van der Waals surface area contributed by atoms with E-state index in [2.05, 4.69) is 241 Å². The number of rotatable bonds is 2. The molecule has 0 saturated carbocycles. The summed E-state index contributed by atoms with van der Waals surface area (Å²) in [7, 11) is 0. The van der Waals surface area contributed by atoms with E-state index in [0.717, 1.165) is 22.3 Å². The molecular weight excluding hydrogens is 909 g/mol. The normalized spacial score (nSPS) is 15.8. The van der Waals surface area contributed by atoms with Crippen LogP contribution in [0, 0.1) is 0 Å². The van der Waals surface area contributed by atoms with Crippen LogP contribution in [0.1, 0.15) is 128 Å². The third-order valence-corrected chi connectivity index (χ3v) is 18.5. The third-order valence-electron chi connectivity index (χ3n) is 18.5. The van der Waals surface area contributed by atoms with E-state index >= 15 is 0 Å². The molecule has 2 heterocycles. The molecule has 0 saturated heterocycles. The summed E-state index contributed by atoms with van der Waals surface area (Å²) >= 11 is 0. The van der Waals surface area contributed by atoms with Gasteiger partial charge in [0.15, 0.2) is 0 Å². The first-order chi connectivity index (χ1) is 35.7. The van der Waals surface area contributed by atoms with E-state index in [-0.39, 0.29) is 27.1 Å². The van der Waals surface area contributed by atoms with Crippen LogP contribution in [0.3, 0.4) is 0 Å². The molecule has 0 atom stereocenters. The Morgan fingerprint density at radius 3 is 1.03 bits per heavy atom. The van der Waals surface area contributed by atoms with E-state index in [4.69, 9.17) is 8.83 Å². The van der Waals surface area contributed by atoms with Crippen molar-refractivity contribution < 1.29 is 8.83 Å². The van der Waals surface area contributed by atoms with E-state index in [9.17, 15) is 0 Å². The van der Waals surface area contributed by atoms with Crippen molar-refractivity contribution in [2.45, 2.75) is 110 Å². The van der Waals surface area contributed by atoms with Gasteiger partial charge >= 0.3 is 0 Å². The van der Waals surface area contributed by atoms with E-state index < -0.39 is 0 Å². The maximum Gasteiger partial charge on any atom is 0.139 e. The van der Waals surface area contributed by atoms with Crippen molar-refractivity contribution in [2.24, 2.45) is 0 Å². The lowest BCUT2D eigenvalue weighted by atomic mass is 9.78. The van der Waals surface area contributed by atoms with Gasteiger partial charge in [-0.25, -0.2) is 0 Å². The van der Waals surface area contributed by atoms with Gasteiger partial charge in [0, 0.05) is 48.9 Å². The largest absolute Gasteiger partial charge is 0.456 e. The van der Waals surface area contributed by atoms with Crippen LogP contribution < -0.4 is 0 Å². The van der Waals surface area contributed by atoms with Crippen LogP contribution >= 0.6 is 0 Å². The summed E-state index contributed by atoms with van der Waals surface area (Å²) in [5, 5.41) is 9.84. The van der Waals surface area contributed by atoms with Gasteiger partial charge < -0.3 is 8.83 Å². The fourth-order valence-electron chi connectivity index (χ4n) is 14.5.